The van der Waals surface area contributed by atoms with Crippen molar-refractivity contribution in [1.29, 1.82) is 0 Å². The molecule has 16 heavy (non-hydrogen) atoms. The topological polar surface area (TPSA) is 17.1 Å². The lowest BCUT2D eigenvalue weighted by Gasteiger charge is -2.23. The molecule has 0 aromatic heterocycles. The first-order valence-electron chi connectivity index (χ1n) is 5.60. The molecule has 0 radical (unpaired) electrons. The highest BCUT2D eigenvalue weighted by Gasteiger charge is 2.26. The van der Waals surface area contributed by atoms with Gasteiger partial charge in [0.25, 0.3) is 0 Å². The van der Waals surface area contributed by atoms with Crippen molar-refractivity contribution in [2.45, 2.75) is 26.2 Å². The van der Waals surface area contributed by atoms with Crippen LogP contribution in [0.1, 0.15) is 35.7 Å². The molecule has 1 aliphatic carbocycles. The Morgan fingerprint density at radius 1 is 1.50 bits per heavy atom. The van der Waals surface area contributed by atoms with Crippen LogP contribution in [0.3, 0.4) is 0 Å². The van der Waals surface area contributed by atoms with Gasteiger partial charge in [-0.3, -0.25) is 4.79 Å². The molecule has 0 heterocycles. The van der Waals surface area contributed by atoms with Crippen LogP contribution in [-0.2, 0) is 6.42 Å². The van der Waals surface area contributed by atoms with E-state index in [1.54, 1.807) is 5.54 Å². The van der Waals surface area contributed by atoms with E-state index in [1.807, 2.05) is 31.2 Å². The van der Waals surface area contributed by atoms with E-state index in [9.17, 15) is 4.79 Å². The molecular formula is C14H15ClO. The second-order valence-corrected chi connectivity index (χ2v) is 4.63. The lowest BCUT2D eigenvalue weighted by atomic mass is 9.80. The summed E-state index contributed by atoms with van der Waals surface area (Å²) in [7, 11) is 0. The maximum absolute atomic E-state index is 12.2. The zero-order valence-electron chi connectivity index (χ0n) is 9.37. The largest absolute Gasteiger partial charge is 0.294 e. The fourth-order valence-electron chi connectivity index (χ4n) is 2.29. The number of allylic oxidation sites excluding steroid dienone is 1. The van der Waals surface area contributed by atoms with Crippen LogP contribution in [-0.4, -0.2) is 5.78 Å². The summed E-state index contributed by atoms with van der Waals surface area (Å²) in [5, 5.41) is 0. The molecule has 1 aliphatic rings. The van der Waals surface area contributed by atoms with Gasteiger partial charge in [-0.2, -0.15) is 0 Å². The van der Waals surface area contributed by atoms with E-state index in [-0.39, 0.29) is 11.7 Å². The number of hydrogen-bond acceptors (Lipinski definition) is 1. The fourth-order valence-corrected chi connectivity index (χ4v) is 2.38. The van der Waals surface area contributed by atoms with Gasteiger partial charge < -0.3 is 0 Å². The third-order valence-corrected chi connectivity index (χ3v) is 3.54. The standard InChI is InChI=1S/C14H15ClO/c1-10(9-15)8-12-7-6-11-4-2-3-5-13(11)14(12)16/h2-5,9,12H,6-8H2,1H3/b10-9-. The van der Waals surface area contributed by atoms with Crippen LogP contribution in [0.15, 0.2) is 35.4 Å². The Morgan fingerprint density at radius 2 is 2.25 bits per heavy atom. The summed E-state index contributed by atoms with van der Waals surface area (Å²) in [5.41, 5.74) is 4.75. The average Bonchev–Trinajstić information content (AvgIpc) is 2.33. The fraction of sp³-hybridized carbons (Fsp3) is 0.357. The first-order valence-corrected chi connectivity index (χ1v) is 6.04. The lowest BCUT2D eigenvalue weighted by molar-refractivity contribution is 0.0901. The predicted octanol–water partition coefficient (Wildman–Crippen LogP) is 3.96. The van der Waals surface area contributed by atoms with Crippen LogP contribution in [0.5, 0.6) is 0 Å². The van der Waals surface area contributed by atoms with Crippen molar-refractivity contribution in [3.63, 3.8) is 0 Å². The lowest BCUT2D eigenvalue weighted by Crippen LogP contribution is -2.22. The van der Waals surface area contributed by atoms with Crippen LogP contribution in [0.4, 0.5) is 0 Å². The summed E-state index contributed by atoms with van der Waals surface area (Å²) in [6.45, 7) is 1.97. The van der Waals surface area contributed by atoms with Gasteiger partial charge in [-0.25, -0.2) is 0 Å². The highest BCUT2D eigenvalue weighted by atomic mass is 35.5. The van der Waals surface area contributed by atoms with Gasteiger partial charge in [0.2, 0.25) is 0 Å². The molecule has 0 saturated heterocycles. The molecule has 0 saturated carbocycles. The zero-order chi connectivity index (χ0) is 11.5. The second-order valence-electron chi connectivity index (χ2n) is 4.42. The maximum Gasteiger partial charge on any atom is 0.166 e. The Balaban J connectivity index is 2.21. The monoisotopic (exact) mass is 234 g/mol. The summed E-state index contributed by atoms with van der Waals surface area (Å²) in [4.78, 5) is 12.2. The minimum absolute atomic E-state index is 0.116. The molecule has 1 nitrogen and oxygen atoms in total. The van der Waals surface area contributed by atoms with Gasteiger partial charge in [0.1, 0.15) is 0 Å². The molecule has 1 aromatic rings. The van der Waals surface area contributed by atoms with E-state index in [2.05, 4.69) is 0 Å². The number of carbonyl (C=O) groups excluding carboxylic acids is 1. The Morgan fingerprint density at radius 3 is 3.00 bits per heavy atom. The number of hydrogen-bond donors (Lipinski definition) is 0. The smallest absolute Gasteiger partial charge is 0.166 e. The summed E-state index contributed by atoms with van der Waals surface area (Å²) in [5.74, 6) is 0.393. The minimum atomic E-state index is 0.116. The van der Waals surface area contributed by atoms with Gasteiger partial charge in [0.15, 0.2) is 5.78 Å². The van der Waals surface area contributed by atoms with Crippen LogP contribution >= 0.6 is 11.6 Å². The normalized spacial score (nSPS) is 20.8. The number of halogens is 1. The summed E-state index contributed by atoms with van der Waals surface area (Å²) in [6.07, 6.45) is 2.73. The zero-order valence-corrected chi connectivity index (χ0v) is 10.1. The van der Waals surface area contributed by atoms with Crippen LogP contribution in [0.2, 0.25) is 0 Å². The van der Waals surface area contributed by atoms with Crippen molar-refractivity contribution in [2.75, 3.05) is 0 Å². The highest BCUT2D eigenvalue weighted by Crippen LogP contribution is 2.29. The molecule has 1 atom stereocenters. The van der Waals surface area contributed by atoms with Crippen molar-refractivity contribution in [3.8, 4) is 0 Å². The van der Waals surface area contributed by atoms with Gasteiger partial charge in [0.05, 0.1) is 0 Å². The molecule has 2 heteroatoms. The average molecular weight is 235 g/mol. The van der Waals surface area contributed by atoms with E-state index in [0.29, 0.717) is 0 Å². The van der Waals surface area contributed by atoms with E-state index < -0.39 is 0 Å². The molecule has 0 spiro atoms. The van der Waals surface area contributed by atoms with Crippen LogP contribution < -0.4 is 0 Å². The molecule has 84 valence electrons. The highest BCUT2D eigenvalue weighted by molar-refractivity contribution is 6.25. The molecule has 0 bridgehead atoms. The summed E-state index contributed by atoms with van der Waals surface area (Å²) >= 11 is 5.65. The molecule has 0 aliphatic heterocycles. The third kappa shape index (κ3) is 2.19. The maximum atomic E-state index is 12.2. The SMILES string of the molecule is C/C(=C/Cl)CC1CCc2ccccc2C1=O. The van der Waals surface area contributed by atoms with Crippen LogP contribution in [0.25, 0.3) is 0 Å². The van der Waals surface area contributed by atoms with E-state index in [1.165, 1.54) is 5.56 Å². The van der Waals surface area contributed by atoms with Crippen molar-refractivity contribution >= 4 is 17.4 Å². The minimum Gasteiger partial charge on any atom is -0.294 e. The van der Waals surface area contributed by atoms with Crippen molar-refractivity contribution < 1.29 is 4.79 Å². The summed E-state index contributed by atoms with van der Waals surface area (Å²) in [6, 6.07) is 7.91. The first-order chi connectivity index (χ1) is 7.72. The number of ketones is 1. The molecular weight excluding hydrogens is 220 g/mol. The van der Waals surface area contributed by atoms with Crippen molar-refractivity contribution in [2.24, 2.45) is 5.92 Å². The number of carbonyl (C=O) groups is 1. The molecule has 0 N–H and O–H groups in total. The van der Waals surface area contributed by atoms with Gasteiger partial charge in [-0.1, -0.05) is 41.4 Å². The molecule has 0 amide bonds. The van der Waals surface area contributed by atoms with E-state index in [0.717, 1.165) is 30.4 Å². The van der Waals surface area contributed by atoms with Gasteiger partial charge >= 0.3 is 0 Å². The first kappa shape index (κ1) is 11.4. The number of Topliss-reactive ketones (excluding diaryl/α,β-unsaturated/α-hetero) is 1. The van der Waals surface area contributed by atoms with Gasteiger partial charge in [0, 0.05) is 17.0 Å². The third-order valence-electron chi connectivity index (χ3n) is 3.17. The molecule has 0 fully saturated rings. The Kier molecular flexibility index (Phi) is 3.45. The Bertz CT molecular complexity index is 434. The van der Waals surface area contributed by atoms with Gasteiger partial charge in [-0.15, -0.1) is 0 Å². The van der Waals surface area contributed by atoms with E-state index in [4.69, 9.17) is 11.6 Å². The predicted molar refractivity (Wildman–Crippen MR) is 66.8 cm³/mol. The number of benzene rings is 1. The van der Waals surface area contributed by atoms with E-state index >= 15 is 0 Å². The number of rotatable bonds is 2. The molecule has 2 rings (SSSR count). The molecule has 1 aromatic carbocycles. The number of fused-ring (bicyclic) bond motifs is 1. The molecule has 1 unspecified atom stereocenters. The Hall–Kier alpha value is -1.08. The number of aryl methyl sites for hydroxylation is 1. The second kappa shape index (κ2) is 4.84. The summed E-state index contributed by atoms with van der Waals surface area (Å²) < 4.78 is 0. The van der Waals surface area contributed by atoms with Crippen molar-refractivity contribution in [1.82, 2.24) is 0 Å². The quantitative estimate of drug-likeness (QED) is 0.757. The Labute approximate surface area is 101 Å². The van der Waals surface area contributed by atoms with Crippen molar-refractivity contribution in [3.05, 3.63) is 46.5 Å². The van der Waals surface area contributed by atoms with Gasteiger partial charge in [-0.05, 0) is 31.7 Å². The van der Waals surface area contributed by atoms with Crippen LogP contribution in [0, 0.1) is 5.92 Å².